The second-order valence-corrected chi connectivity index (χ2v) is 8.29. The largest absolute Gasteiger partial charge is 0.574 e. The second kappa shape index (κ2) is 9.32. The third-order valence-corrected chi connectivity index (χ3v) is 5.78. The molecule has 34 heavy (non-hydrogen) atoms. The third kappa shape index (κ3) is 5.29. The van der Waals surface area contributed by atoms with Crippen molar-refractivity contribution in [2.24, 2.45) is 5.10 Å². The number of aromatic nitrogens is 1. The molecule has 0 radical (unpaired) electrons. The summed E-state index contributed by atoms with van der Waals surface area (Å²) in [6.07, 6.45) is -2.38. The van der Waals surface area contributed by atoms with Gasteiger partial charge < -0.3 is 15.0 Å². The van der Waals surface area contributed by atoms with E-state index in [4.69, 9.17) is 0 Å². The van der Waals surface area contributed by atoms with Crippen LogP contribution in [0.25, 0.3) is 0 Å². The molecule has 2 aliphatic rings. The molecule has 1 fully saturated rings. The molecule has 2 aromatic rings. The molecule has 0 spiro atoms. The lowest BCUT2D eigenvalue weighted by atomic mass is 10.0. The van der Waals surface area contributed by atoms with Crippen LogP contribution in [-0.2, 0) is 4.79 Å². The van der Waals surface area contributed by atoms with Crippen LogP contribution < -0.4 is 10.1 Å². The fourth-order valence-corrected chi connectivity index (χ4v) is 4.01. The number of pyridine rings is 1. The Morgan fingerprint density at radius 2 is 1.94 bits per heavy atom. The highest BCUT2D eigenvalue weighted by Gasteiger charge is 2.39. The Morgan fingerprint density at radius 1 is 1.21 bits per heavy atom. The zero-order chi connectivity index (χ0) is 24.5. The van der Waals surface area contributed by atoms with Crippen molar-refractivity contribution in [1.29, 1.82) is 0 Å². The predicted molar refractivity (Wildman–Crippen MR) is 117 cm³/mol. The number of urea groups is 1. The molecule has 1 unspecified atom stereocenters. The van der Waals surface area contributed by atoms with Gasteiger partial charge in [-0.25, -0.2) is 14.8 Å². The van der Waals surface area contributed by atoms with Crippen molar-refractivity contribution in [3.05, 3.63) is 59.3 Å². The van der Waals surface area contributed by atoms with Gasteiger partial charge in [-0.05, 0) is 31.4 Å². The lowest BCUT2D eigenvalue weighted by molar-refractivity contribution is -0.276. The first-order valence-electron chi connectivity index (χ1n) is 10.9. The number of hydrogen-bond donors (Lipinski definition) is 1. The predicted octanol–water partition coefficient (Wildman–Crippen LogP) is 3.77. The van der Waals surface area contributed by atoms with Crippen LogP contribution in [0.3, 0.4) is 0 Å². The van der Waals surface area contributed by atoms with E-state index < -0.39 is 24.3 Å². The van der Waals surface area contributed by atoms with Gasteiger partial charge in [0.2, 0.25) is 11.8 Å². The van der Waals surface area contributed by atoms with Crippen molar-refractivity contribution in [2.45, 2.75) is 45.1 Å². The van der Waals surface area contributed by atoms with Crippen molar-refractivity contribution in [3.8, 4) is 5.88 Å². The fourth-order valence-electron chi connectivity index (χ4n) is 4.01. The Bertz CT molecular complexity index is 1090. The number of aryl methyl sites for hydroxylation is 1. The number of amides is 3. The van der Waals surface area contributed by atoms with Crippen molar-refractivity contribution >= 4 is 17.6 Å². The van der Waals surface area contributed by atoms with Crippen LogP contribution in [0, 0.1) is 6.92 Å². The lowest BCUT2D eigenvalue weighted by Gasteiger charge is -2.25. The van der Waals surface area contributed by atoms with E-state index in [0.717, 1.165) is 23.6 Å². The molecule has 0 bridgehead atoms. The smallest absolute Gasteiger partial charge is 0.388 e. The summed E-state index contributed by atoms with van der Waals surface area (Å²) in [6, 6.07) is 8.84. The molecule has 3 amide bonds. The highest BCUT2D eigenvalue weighted by molar-refractivity contribution is 6.08. The topological polar surface area (TPSA) is 87.1 Å². The number of ether oxygens (including phenoxy) is 1. The van der Waals surface area contributed by atoms with Gasteiger partial charge in [-0.15, -0.1) is 13.2 Å². The Morgan fingerprint density at radius 3 is 2.53 bits per heavy atom. The van der Waals surface area contributed by atoms with E-state index in [-0.39, 0.29) is 18.5 Å². The maximum absolute atomic E-state index is 13.0. The van der Waals surface area contributed by atoms with E-state index >= 15 is 0 Å². The van der Waals surface area contributed by atoms with E-state index in [1.54, 1.807) is 11.8 Å². The van der Waals surface area contributed by atoms with Crippen LogP contribution in [0.15, 0.2) is 47.7 Å². The Hall–Kier alpha value is -3.63. The van der Waals surface area contributed by atoms with E-state index in [0.29, 0.717) is 24.2 Å². The minimum atomic E-state index is -4.83. The first-order valence-corrected chi connectivity index (χ1v) is 10.9. The molecule has 1 aromatic carbocycles. The van der Waals surface area contributed by atoms with Crippen molar-refractivity contribution in [2.75, 3.05) is 13.1 Å². The van der Waals surface area contributed by atoms with Crippen molar-refractivity contribution < 1.29 is 27.5 Å². The molecule has 8 nitrogen and oxygen atoms in total. The van der Waals surface area contributed by atoms with Gasteiger partial charge in [0, 0.05) is 25.2 Å². The summed E-state index contributed by atoms with van der Waals surface area (Å²) in [5.74, 6) is -0.549. The lowest BCUT2D eigenvalue weighted by Crippen LogP contribution is -2.46. The molecule has 4 rings (SSSR count). The van der Waals surface area contributed by atoms with Gasteiger partial charge in [-0.2, -0.15) is 5.10 Å². The second-order valence-electron chi connectivity index (χ2n) is 8.29. The summed E-state index contributed by atoms with van der Waals surface area (Å²) in [4.78, 5) is 30.8. The molecule has 1 saturated heterocycles. The number of likely N-dealkylation sites (tertiary alicyclic amines) is 1. The van der Waals surface area contributed by atoms with E-state index in [1.165, 1.54) is 17.3 Å². The summed E-state index contributed by atoms with van der Waals surface area (Å²) >= 11 is 0. The van der Waals surface area contributed by atoms with Crippen molar-refractivity contribution in [1.82, 2.24) is 20.2 Å². The maximum atomic E-state index is 13.0. The molecule has 2 aliphatic heterocycles. The van der Waals surface area contributed by atoms with E-state index in [1.807, 2.05) is 31.2 Å². The van der Waals surface area contributed by atoms with Gasteiger partial charge in [0.1, 0.15) is 0 Å². The first-order chi connectivity index (χ1) is 16.1. The van der Waals surface area contributed by atoms with Crippen LogP contribution in [0.5, 0.6) is 5.88 Å². The normalized spacial score (nSPS) is 19.3. The fraction of sp³-hybridized carbons (Fsp3) is 0.391. The zero-order valence-electron chi connectivity index (χ0n) is 18.7. The molecule has 1 N–H and O–H groups in total. The number of hydrazone groups is 1. The number of carbonyl (C=O) groups excluding carboxylic acids is 2. The Kier molecular flexibility index (Phi) is 6.45. The SMILES string of the molecule is Cc1ccc(C2=NN(C(=O)NC(C)c3ccc(OC(F)(F)F)nc3)C[C@H]2N2CCCC2=O)cc1. The number of carbonyl (C=O) groups is 2. The molecule has 0 aliphatic carbocycles. The molecular formula is C23H24F3N5O3. The number of nitrogens with zero attached hydrogens (tertiary/aromatic N) is 4. The van der Waals surface area contributed by atoms with Gasteiger partial charge in [0.05, 0.1) is 24.3 Å². The average molecular weight is 475 g/mol. The number of nitrogens with one attached hydrogen (secondary N) is 1. The van der Waals surface area contributed by atoms with Gasteiger partial charge in [0.25, 0.3) is 0 Å². The molecule has 11 heteroatoms. The third-order valence-electron chi connectivity index (χ3n) is 5.78. The quantitative estimate of drug-likeness (QED) is 0.713. The van der Waals surface area contributed by atoms with Gasteiger partial charge in [0.15, 0.2) is 0 Å². The summed E-state index contributed by atoms with van der Waals surface area (Å²) in [5.41, 5.74) is 3.06. The molecule has 2 atom stereocenters. The summed E-state index contributed by atoms with van der Waals surface area (Å²) < 4.78 is 40.7. The number of rotatable bonds is 5. The van der Waals surface area contributed by atoms with Crippen LogP contribution in [0.1, 0.15) is 42.5 Å². The maximum Gasteiger partial charge on any atom is 0.574 e. The van der Waals surface area contributed by atoms with Crippen LogP contribution in [-0.4, -0.2) is 58.0 Å². The molecular weight excluding hydrogens is 451 g/mol. The molecule has 180 valence electrons. The first kappa shape index (κ1) is 23.5. The van der Waals surface area contributed by atoms with Crippen LogP contribution >= 0.6 is 0 Å². The van der Waals surface area contributed by atoms with Crippen molar-refractivity contribution in [3.63, 3.8) is 0 Å². The summed E-state index contributed by atoms with van der Waals surface area (Å²) in [7, 11) is 0. The Balaban J connectivity index is 1.48. The minimum Gasteiger partial charge on any atom is -0.388 e. The van der Waals surface area contributed by atoms with Gasteiger partial charge in [-0.3, -0.25) is 4.79 Å². The highest BCUT2D eigenvalue weighted by atomic mass is 19.4. The van der Waals surface area contributed by atoms with Gasteiger partial charge in [-0.1, -0.05) is 35.9 Å². The zero-order valence-corrected chi connectivity index (χ0v) is 18.7. The van der Waals surface area contributed by atoms with E-state index in [2.05, 4.69) is 20.1 Å². The van der Waals surface area contributed by atoms with E-state index in [9.17, 15) is 22.8 Å². The monoisotopic (exact) mass is 475 g/mol. The number of benzene rings is 1. The average Bonchev–Trinajstić information content (AvgIpc) is 3.40. The Labute approximate surface area is 194 Å². The number of alkyl halides is 3. The molecule has 3 heterocycles. The summed E-state index contributed by atoms with van der Waals surface area (Å²) in [5, 5.41) is 8.60. The van der Waals surface area contributed by atoms with Gasteiger partial charge >= 0.3 is 12.4 Å². The van der Waals surface area contributed by atoms with Crippen LogP contribution in [0.4, 0.5) is 18.0 Å². The molecule has 0 saturated carbocycles. The molecule has 1 aromatic heterocycles. The highest BCUT2D eigenvalue weighted by Crippen LogP contribution is 2.25. The standard InChI is InChI=1S/C23H24F3N5O3/c1-14-5-7-16(8-6-14)21-18(30-11-3-4-20(30)32)13-31(29-21)22(33)28-15(2)17-9-10-19(27-12-17)34-23(24,25)26/h5-10,12,15,18H,3-4,11,13H2,1-2H3,(H,28,33)/t15?,18-/m1/s1. The van der Waals surface area contributed by atoms with Crippen LogP contribution in [0.2, 0.25) is 0 Å². The number of halogens is 3. The number of hydrogen-bond acceptors (Lipinski definition) is 5. The summed E-state index contributed by atoms with van der Waals surface area (Å²) in [6.45, 7) is 4.48. The minimum absolute atomic E-state index is 0.0349.